The van der Waals surface area contributed by atoms with Crippen LogP contribution in [0.25, 0.3) is 11.3 Å². The number of rotatable bonds is 4. The summed E-state index contributed by atoms with van der Waals surface area (Å²) in [5, 5.41) is 6.07. The first kappa shape index (κ1) is 15.2. The third kappa shape index (κ3) is 4.17. The minimum absolute atomic E-state index is 0.394. The lowest BCUT2D eigenvalue weighted by Crippen LogP contribution is -2.22. The van der Waals surface area contributed by atoms with E-state index >= 15 is 0 Å². The van der Waals surface area contributed by atoms with E-state index in [1.165, 1.54) is 5.56 Å². The maximum Gasteiger partial charge on any atom is 0.193 e. The molecule has 0 aliphatic carbocycles. The fraction of sp³-hybridized carbons (Fsp3) is 0.111. The molecule has 0 radical (unpaired) electrons. The third-order valence-corrected chi connectivity index (χ3v) is 4.16. The van der Waals surface area contributed by atoms with Crippen LogP contribution < -0.4 is 11.1 Å². The SMILES string of the molecule is Cc1ccc(NC(N)=NCc2nc(-c3ccccc3)cs2)cc1. The zero-order chi connectivity index (χ0) is 16.1. The van der Waals surface area contributed by atoms with E-state index in [-0.39, 0.29) is 0 Å². The molecule has 4 nitrogen and oxygen atoms in total. The minimum Gasteiger partial charge on any atom is -0.370 e. The van der Waals surface area contributed by atoms with E-state index < -0.39 is 0 Å². The highest BCUT2D eigenvalue weighted by Crippen LogP contribution is 2.21. The molecule has 0 bridgehead atoms. The van der Waals surface area contributed by atoms with Crippen LogP contribution in [0.15, 0.2) is 65.0 Å². The molecule has 3 N–H and O–H groups in total. The fourth-order valence-electron chi connectivity index (χ4n) is 2.10. The number of guanidine groups is 1. The summed E-state index contributed by atoms with van der Waals surface area (Å²) in [6.07, 6.45) is 0. The van der Waals surface area contributed by atoms with Crippen molar-refractivity contribution < 1.29 is 0 Å². The average molecular weight is 322 g/mol. The number of aromatic nitrogens is 1. The van der Waals surface area contributed by atoms with E-state index in [0.717, 1.165) is 22.0 Å². The van der Waals surface area contributed by atoms with Crippen molar-refractivity contribution in [3.63, 3.8) is 0 Å². The van der Waals surface area contributed by atoms with Crippen molar-refractivity contribution in [2.75, 3.05) is 5.32 Å². The number of anilines is 1. The first-order valence-corrected chi connectivity index (χ1v) is 8.22. The van der Waals surface area contributed by atoms with Crippen LogP contribution in [0.3, 0.4) is 0 Å². The van der Waals surface area contributed by atoms with Crippen LogP contribution in [-0.2, 0) is 6.54 Å². The molecule has 1 heterocycles. The lowest BCUT2D eigenvalue weighted by Gasteiger charge is -2.05. The summed E-state index contributed by atoms with van der Waals surface area (Å²) in [7, 11) is 0. The smallest absolute Gasteiger partial charge is 0.193 e. The monoisotopic (exact) mass is 322 g/mol. The summed E-state index contributed by atoms with van der Waals surface area (Å²) in [5.74, 6) is 0.394. The molecule has 0 atom stereocenters. The molecule has 2 aromatic carbocycles. The number of nitrogens with two attached hydrogens (primary N) is 1. The van der Waals surface area contributed by atoms with Gasteiger partial charge in [-0.05, 0) is 19.1 Å². The number of aliphatic imine (C=N–C) groups is 1. The summed E-state index contributed by atoms with van der Waals surface area (Å²) in [5.41, 5.74) is 10.2. The highest BCUT2D eigenvalue weighted by atomic mass is 32.1. The zero-order valence-corrected chi connectivity index (χ0v) is 13.7. The predicted molar refractivity (Wildman–Crippen MR) is 97.7 cm³/mol. The van der Waals surface area contributed by atoms with Crippen LogP contribution in [0.4, 0.5) is 5.69 Å². The molecule has 0 aliphatic rings. The van der Waals surface area contributed by atoms with Crippen LogP contribution in [0.5, 0.6) is 0 Å². The molecule has 0 unspecified atom stereocenters. The van der Waals surface area contributed by atoms with Gasteiger partial charge >= 0.3 is 0 Å². The molecule has 0 fully saturated rings. The maximum absolute atomic E-state index is 5.93. The maximum atomic E-state index is 5.93. The number of benzene rings is 2. The van der Waals surface area contributed by atoms with Crippen LogP contribution >= 0.6 is 11.3 Å². The van der Waals surface area contributed by atoms with Gasteiger partial charge in [-0.15, -0.1) is 11.3 Å². The van der Waals surface area contributed by atoms with Crippen LogP contribution in [0, 0.1) is 6.92 Å². The van der Waals surface area contributed by atoms with Crippen molar-refractivity contribution in [2.24, 2.45) is 10.7 Å². The van der Waals surface area contributed by atoms with Crippen LogP contribution in [-0.4, -0.2) is 10.9 Å². The van der Waals surface area contributed by atoms with Crippen LogP contribution in [0.2, 0.25) is 0 Å². The molecule has 5 heteroatoms. The highest BCUT2D eigenvalue weighted by molar-refractivity contribution is 7.09. The molecule has 0 spiro atoms. The van der Waals surface area contributed by atoms with Gasteiger partial charge in [0.2, 0.25) is 0 Å². The van der Waals surface area contributed by atoms with Crippen LogP contribution in [0.1, 0.15) is 10.6 Å². The molecule has 0 amide bonds. The first-order chi connectivity index (χ1) is 11.2. The van der Waals surface area contributed by atoms with Crippen molar-refractivity contribution in [3.05, 3.63) is 70.5 Å². The molecule has 0 saturated heterocycles. The summed E-state index contributed by atoms with van der Waals surface area (Å²) in [6, 6.07) is 18.1. The number of nitrogens with one attached hydrogen (secondary N) is 1. The number of hydrogen-bond donors (Lipinski definition) is 2. The van der Waals surface area contributed by atoms with Gasteiger partial charge in [0.05, 0.1) is 12.2 Å². The largest absolute Gasteiger partial charge is 0.370 e. The van der Waals surface area contributed by atoms with E-state index in [0.29, 0.717) is 12.5 Å². The van der Waals surface area contributed by atoms with Crippen molar-refractivity contribution >= 4 is 23.0 Å². The molecular formula is C18H18N4S. The number of thiazole rings is 1. The van der Waals surface area contributed by atoms with E-state index in [1.807, 2.05) is 54.8 Å². The summed E-state index contributed by atoms with van der Waals surface area (Å²) in [4.78, 5) is 8.95. The van der Waals surface area contributed by atoms with Crippen molar-refractivity contribution in [1.29, 1.82) is 0 Å². The molecule has 3 rings (SSSR count). The first-order valence-electron chi connectivity index (χ1n) is 7.34. The molecule has 116 valence electrons. The Morgan fingerprint density at radius 2 is 1.87 bits per heavy atom. The number of aryl methyl sites for hydroxylation is 1. The number of hydrogen-bond acceptors (Lipinski definition) is 3. The topological polar surface area (TPSA) is 63.3 Å². The predicted octanol–water partition coefficient (Wildman–Crippen LogP) is 4.05. The van der Waals surface area contributed by atoms with Gasteiger partial charge in [0.1, 0.15) is 5.01 Å². The molecule has 0 saturated carbocycles. The van der Waals surface area contributed by atoms with Crippen molar-refractivity contribution in [2.45, 2.75) is 13.5 Å². The Hall–Kier alpha value is -2.66. The van der Waals surface area contributed by atoms with E-state index in [1.54, 1.807) is 11.3 Å². The molecular weight excluding hydrogens is 304 g/mol. The van der Waals surface area contributed by atoms with Crippen molar-refractivity contribution in [1.82, 2.24) is 4.98 Å². The van der Waals surface area contributed by atoms with Crippen molar-refractivity contribution in [3.8, 4) is 11.3 Å². The lowest BCUT2D eigenvalue weighted by molar-refractivity contribution is 1.03. The quantitative estimate of drug-likeness (QED) is 0.563. The normalized spacial score (nSPS) is 11.4. The Kier molecular flexibility index (Phi) is 4.68. The molecule has 3 aromatic rings. The Labute approximate surface area is 139 Å². The van der Waals surface area contributed by atoms with Gasteiger partial charge in [-0.1, -0.05) is 48.0 Å². The second-order valence-corrected chi connectivity index (χ2v) is 6.13. The Balaban J connectivity index is 1.63. The van der Waals surface area contributed by atoms with Gasteiger partial charge in [0.15, 0.2) is 5.96 Å². The second kappa shape index (κ2) is 7.07. The fourth-order valence-corrected chi connectivity index (χ4v) is 2.83. The Morgan fingerprint density at radius 3 is 2.61 bits per heavy atom. The number of nitrogens with zero attached hydrogens (tertiary/aromatic N) is 2. The average Bonchev–Trinajstić information content (AvgIpc) is 3.05. The van der Waals surface area contributed by atoms with Gasteiger partial charge < -0.3 is 11.1 Å². The van der Waals surface area contributed by atoms with Gasteiger partial charge in [0, 0.05) is 16.6 Å². The summed E-state index contributed by atoms with van der Waals surface area (Å²) < 4.78 is 0. The van der Waals surface area contributed by atoms with E-state index in [2.05, 4.69) is 27.4 Å². The van der Waals surface area contributed by atoms with Gasteiger partial charge in [-0.2, -0.15) is 0 Å². The Bertz CT molecular complexity index is 791. The zero-order valence-electron chi connectivity index (χ0n) is 12.9. The molecule has 1 aromatic heterocycles. The highest BCUT2D eigenvalue weighted by Gasteiger charge is 2.04. The molecule has 23 heavy (non-hydrogen) atoms. The second-order valence-electron chi connectivity index (χ2n) is 5.19. The van der Waals surface area contributed by atoms with E-state index in [9.17, 15) is 0 Å². The Morgan fingerprint density at radius 1 is 1.13 bits per heavy atom. The van der Waals surface area contributed by atoms with Gasteiger partial charge in [0.25, 0.3) is 0 Å². The summed E-state index contributed by atoms with van der Waals surface area (Å²) in [6.45, 7) is 2.52. The van der Waals surface area contributed by atoms with Gasteiger partial charge in [-0.25, -0.2) is 9.98 Å². The minimum atomic E-state index is 0.394. The summed E-state index contributed by atoms with van der Waals surface area (Å²) >= 11 is 1.59. The molecule has 0 aliphatic heterocycles. The standard InChI is InChI=1S/C18H18N4S/c1-13-7-9-15(10-8-13)21-18(19)20-11-17-22-16(12-23-17)14-5-3-2-4-6-14/h2-10,12H,11H2,1H3,(H3,19,20,21). The third-order valence-electron chi connectivity index (χ3n) is 3.33. The lowest BCUT2D eigenvalue weighted by atomic mass is 10.2. The van der Waals surface area contributed by atoms with E-state index in [4.69, 9.17) is 5.73 Å². The van der Waals surface area contributed by atoms with Gasteiger partial charge in [-0.3, -0.25) is 0 Å².